The van der Waals surface area contributed by atoms with E-state index in [-0.39, 0.29) is 5.56 Å². The summed E-state index contributed by atoms with van der Waals surface area (Å²) in [7, 11) is 5.53. The van der Waals surface area contributed by atoms with Crippen LogP contribution in [0.25, 0.3) is 11.0 Å². The van der Waals surface area contributed by atoms with Gasteiger partial charge >= 0.3 is 0 Å². The Morgan fingerprint density at radius 2 is 2.32 bits per heavy atom. The molecule has 0 amide bonds. The summed E-state index contributed by atoms with van der Waals surface area (Å²) in [6, 6.07) is 3.68. The van der Waals surface area contributed by atoms with Crippen molar-refractivity contribution >= 4 is 44.3 Å². The monoisotopic (exact) mass is 331 g/mol. The van der Waals surface area contributed by atoms with E-state index < -0.39 is 7.45 Å². The van der Waals surface area contributed by atoms with Gasteiger partial charge in [0.15, 0.2) is 5.52 Å². The SMILES string of the molecule is CCCCc1nc2cccnc2c(=O)n1P(P)PP. The van der Waals surface area contributed by atoms with Crippen LogP contribution in [0.2, 0.25) is 0 Å². The maximum Gasteiger partial charge on any atom is 0.283 e. The van der Waals surface area contributed by atoms with Crippen LogP contribution < -0.4 is 5.56 Å². The molecule has 0 aromatic carbocycles. The molecule has 0 aliphatic carbocycles. The van der Waals surface area contributed by atoms with Crippen LogP contribution in [-0.4, -0.2) is 14.3 Å². The topological polar surface area (TPSA) is 47.8 Å². The molecule has 0 fully saturated rings. The van der Waals surface area contributed by atoms with Crippen LogP contribution in [0, 0.1) is 0 Å². The van der Waals surface area contributed by atoms with Crippen molar-refractivity contribution in [2.45, 2.75) is 26.2 Å². The lowest BCUT2D eigenvalue weighted by atomic mass is 10.2. The molecule has 0 saturated carbocycles. The van der Waals surface area contributed by atoms with E-state index in [1.807, 2.05) is 16.5 Å². The lowest BCUT2D eigenvalue weighted by molar-refractivity contribution is 0.742. The Hall–Kier alpha value is 0.01000. The number of hydrogen-bond donors (Lipinski definition) is 0. The zero-order valence-electron chi connectivity index (χ0n) is 10.7. The van der Waals surface area contributed by atoms with E-state index in [1.165, 1.54) is 0 Å². The number of aryl methyl sites for hydroxylation is 1. The second-order valence-electron chi connectivity index (χ2n) is 4.09. The minimum atomic E-state index is -0.596. The first-order valence-corrected chi connectivity index (χ1v) is 12.6. The summed E-state index contributed by atoms with van der Waals surface area (Å²) in [5.74, 6) is 0.892. The molecule has 2 aromatic rings. The molecule has 102 valence electrons. The van der Waals surface area contributed by atoms with Gasteiger partial charge < -0.3 is 0 Å². The molecule has 2 rings (SSSR count). The Bertz CT molecular complexity index is 631. The first-order chi connectivity index (χ1) is 9.19. The predicted octanol–water partition coefficient (Wildman–Crippen LogP) is 3.55. The standard InChI is InChI=1S/C11H17N3OP4/c1-2-3-6-9-13-8-5-4-7-12-10(8)11(15)14(9)19(17)18-16/h4-5,7,18H,2-3,6,16-17H2,1H3. The van der Waals surface area contributed by atoms with Gasteiger partial charge in [0, 0.05) is 20.1 Å². The van der Waals surface area contributed by atoms with Gasteiger partial charge in [-0.15, -0.1) is 8.93 Å². The van der Waals surface area contributed by atoms with Gasteiger partial charge in [-0.2, -0.15) is 0 Å². The third kappa shape index (κ3) is 3.37. The molecular formula is C11H17N3OP4. The zero-order chi connectivity index (χ0) is 13.8. The molecule has 2 heterocycles. The molecular weight excluding hydrogens is 314 g/mol. The van der Waals surface area contributed by atoms with Crippen molar-refractivity contribution in [1.29, 1.82) is 0 Å². The van der Waals surface area contributed by atoms with Gasteiger partial charge in [0.25, 0.3) is 5.56 Å². The van der Waals surface area contributed by atoms with Crippen LogP contribution in [0.15, 0.2) is 23.1 Å². The number of pyridine rings is 1. The quantitative estimate of drug-likeness (QED) is 0.787. The van der Waals surface area contributed by atoms with Crippen LogP contribution in [0.5, 0.6) is 0 Å². The Morgan fingerprint density at radius 1 is 1.53 bits per heavy atom. The van der Waals surface area contributed by atoms with Gasteiger partial charge in [0.05, 0.1) is 5.52 Å². The van der Waals surface area contributed by atoms with Crippen LogP contribution >= 0.6 is 33.3 Å². The molecule has 0 aliphatic rings. The summed E-state index contributed by atoms with van der Waals surface area (Å²) in [4.78, 5) is 21.4. The Labute approximate surface area is 119 Å². The summed E-state index contributed by atoms with van der Waals surface area (Å²) in [6.07, 6.45) is 4.64. The normalized spacial score (nSPS) is 13.4. The third-order valence-electron chi connectivity index (χ3n) is 2.78. The third-order valence-corrected chi connectivity index (χ3v) is 12.4. The molecule has 0 saturated heterocycles. The molecule has 4 unspecified atom stereocenters. The molecule has 2 aromatic heterocycles. The Balaban J connectivity index is 2.65. The number of unbranched alkanes of at least 4 members (excludes halogenated alkanes) is 1. The second kappa shape index (κ2) is 7.14. The smallest absolute Gasteiger partial charge is 0.266 e. The molecule has 0 bridgehead atoms. The van der Waals surface area contributed by atoms with Crippen LogP contribution in [0.3, 0.4) is 0 Å². The summed E-state index contributed by atoms with van der Waals surface area (Å²) in [6.45, 7) is 2.14. The van der Waals surface area contributed by atoms with E-state index in [0.717, 1.165) is 25.1 Å². The number of nitrogens with zero attached hydrogens (tertiary/aromatic N) is 3. The van der Waals surface area contributed by atoms with E-state index in [0.29, 0.717) is 19.0 Å². The van der Waals surface area contributed by atoms with E-state index in [4.69, 9.17) is 0 Å². The molecule has 0 radical (unpaired) electrons. The fourth-order valence-corrected chi connectivity index (χ4v) is 5.35. The van der Waals surface area contributed by atoms with Gasteiger partial charge in [-0.3, -0.25) is 9.13 Å². The highest BCUT2D eigenvalue weighted by molar-refractivity contribution is 8.60. The highest BCUT2D eigenvalue weighted by atomic mass is 32.6. The number of rotatable bonds is 5. The van der Waals surface area contributed by atoms with Crippen LogP contribution in [0.1, 0.15) is 25.6 Å². The highest BCUT2D eigenvalue weighted by Crippen LogP contribution is 2.66. The van der Waals surface area contributed by atoms with Crippen molar-refractivity contribution in [2.24, 2.45) is 0 Å². The molecule has 19 heavy (non-hydrogen) atoms. The predicted molar refractivity (Wildman–Crippen MR) is 92.5 cm³/mol. The summed E-state index contributed by atoms with van der Waals surface area (Å²) >= 11 is 0. The number of aromatic nitrogens is 3. The second-order valence-corrected chi connectivity index (χ2v) is 12.9. The Kier molecular flexibility index (Phi) is 5.79. The van der Waals surface area contributed by atoms with Crippen LogP contribution in [-0.2, 0) is 6.42 Å². The van der Waals surface area contributed by atoms with E-state index in [9.17, 15) is 4.79 Å². The Morgan fingerprint density at radius 3 is 3.00 bits per heavy atom. The van der Waals surface area contributed by atoms with Crippen molar-refractivity contribution in [3.05, 3.63) is 34.5 Å². The van der Waals surface area contributed by atoms with Gasteiger partial charge in [0.1, 0.15) is 5.82 Å². The number of hydrogen-bond acceptors (Lipinski definition) is 3. The van der Waals surface area contributed by atoms with Crippen molar-refractivity contribution < 1.29 is 0 Å². The van der Waals surface area contributed by atoms with Crippen molar-refractivity contribution in [1.82, 2.24) is 14.3 Å². The molecule has 4 nitrogen and oxygen atoms in total. The molecule has 0 N–H and O–H groups in total. The molecule has 0 aliphatic heterocycles. The molecule has 8 heteroatoms. The maximum atomic E-state index is 12.6. The van der Waals surface area contributed by atoms with E-state index >= 15 is 0 Å². The number of fused-ring (bicyclic) bond motifs is 1. The van der Waals surface area contributed by atoms with Gasteiger partial charge in [0.2, 0.25) is 0 Å². The minimum Gasteiger partial charge on any atom is -0.266 e. The summed E-state index contributed by atoms with van der Waals surface area (Å²) in [5, 5.41) is 0. The first kappa shape index (κ1) is 15.4. The van der Waals surface area contributed by atoms with Crippen molar-refractivity contribution in [2.75, 3.05) is 0 Å². The van der Waals surface area contributed by atoms with Gasteiger partial charge in [-0.1, -0.05) is 30.2 Å². The largest absolute Gasteiger partial charge is 0.283 e. The lowest BCUT2D eigenvalue weighted by Gasteiger charge is -2.17. The average molecular weight is 331 g/mol. The van der Waals surface area contributed by atoms with E-state index in [1.54, 1.807) is 6.20 Å². The summed E-state index contributed by atoms with van der Waals surface area (Å²) in [5.41, 5.74) is 1.17. The van der Waals surface area contributed by atoms with Gasteiger partial charge in [-0.05, 0) is 18.6 Å². The first-order valence-electron chi connectivity index (χ1n) is 6.07. The van der Waals surface area contributed by atoms with Crippen molar-refractivity contribution in [3.8, 4) is 0 Å². The molecule has 4 atom stereocenters. The van der Waals surface area contributed by atoms with Crippen molar-refractivity contribution in [3.63, 3.8) is 0 Å². The lowest BCUT2D eigenvalue weighted by Crippen LogP contribution is -2.21. The molecule has 0 spiro atoms. The van der Waals surface area contributed by atoms with Gasteiger partial charge in [-0.25, -0.2) is 9.97 Å². The minimum absolute atomic E-state index is 0.00670. The highest BCUT2D eigenvalue weighted by Gasteiger charge is 2.15. The average Bonchev–Trinajstić information content (AvgIpc) is 2.44. The zero-order valence-corrected chi connectivity index (χ0v) is 14.9. The summed E-state index contributed by atoms with van der Waals surface area (Å²) < 4.78 is 1.84. The fourth-order valence-electron chi connectivity index (χ4n) is 1.83. The fraction of sp³-hybridized carbons (Fsp3) is 0.364. The maximum absolute atomic E-state index is 12.6. The van der Waals surface area contributed by atoms with Crippen LogP contribution in [0.4, 0.5) is 0 Å². The van der Waals surface area contributed by atoms with E-state index in [2.05, 4.69) is 34.7 Å².